The Kier molecular flexibility index (Phi) is 5.77. The van der Waals surface area contributed by atoms with Gasteiger partial charge in [-0.15, -0.1) is 0 Å². The van der Waals surface area contributed by atoms with E-state index in [4.69, 9.17) is 5.26 Å². The van der Waals surface area contributed by atoms with Gasteiger partial charge in [-0.25, -0.2) is 0 Å². The Bertz CT molecular complexity index is 399. The molecule has 1 nitrogen and oxygen atoms in total. The normalized spacial score (nSPS) is 10.2. The predicted octanol–water partition coefficient (Wildman–Crippen LogP) is 4.55. The van der Waals surface area contributed by atoms with Gasteiger partial charge in [0, 0.05) is 0 Å². The quantitative estimate of drug-likeness (QED) is 0.656. The van der Waals surface area contributed by atoms with Crippen LogP contribution in [0.4, 0.5) is 0 Å². The van der Waals surface area contributed by atoms with Crippen LogP contribution in [-0.2, 0) is 12.8 Å². The average molecular weight is 229 g/mol. The molecule has 1 aromatic rings. The Hall–Kier alpha value is -1.29. The lowest BCUT2D eigenvalue weighted by Crippen LogP contribution is -2.00. The molecule has 0 amide bonds. The zero-order valence-corrected chi connectivity index (χ0v) is 11.3. The molecule has 0 aromatic heterocycles. The Morgan fingerprint density at radius 3 is 2.41 bits per heavy atom. The highest BCUT2D eigenvalue weighted by Gasteiger charge is 2.09. The van der Waals surface area contributed by atoms with Crippen LogP contribution in [0.25, 0.3) is 0 Å². The summed E-state index contributed by atoms with van der Waals surface area (Å²) in [5.74, 6) is 0. The van der Waals surface area contributed by atoms with E-state index >= 15 is 0 Å². The molecular weight excluding hydrogens is 206 g/mol. The Labute approximate surface area is 105 Å². The Balaban J connectivity index is 2.98. The van der Waals surface area contributed by atoms with E-state index in [1.165, 1.54) is 42.4 Å². The summed E-state index contributed by atoms with van der Waals surface area (Å²) in [7, 11) is 0. The molecule has 1 aromatic carbocycles. The molecular formula is C16H23N. The third-order valence-electron chi connectivity index (χ3n) is 3.37. The molecule has 17 heavy (non-hydrogen) atoms. The number of hydrogen-bond donors (Lipinski definition) is 0. The number of nitriles is 1. The maximum atomic E-state index is 9.09. The summed E-state index contributed by atoms with van der Waals surface area (Å²) in [6.45, 7) is 6.54. The van der Waals surface area contributed by atoms with Crippen LogP contribution < -0.4 is 0 Å². The van der Waals surface area contributed by atoms with Gasteiger partial charge in [0.1, 0.15) is 0 Å². The standard InChI is InChI=1S/C16H23N/c1-4-6-7-9-16-13(3)15(12-17)11-10-14(16)8-5-2/h10-11H,4-9H2,1-3H3. The van der Waals surface area contributed by atoms with E-state index in [0.717, 1.165) is 18.4 Å². The average Bonchev–Trinajstić information content (AvgIpc) is 2.33. The summed E-state index contributed by atoms with van der Waals surface area (Å²) in [6, 6.07) is 6.42. The minimum Gasteiger partial charge on any atom is -0.192 e. The van der Waals surface area contributed by atoms with E-state index in [9.17, 15) is 0 Å². The molecule has 0 radical (unpaired) electrons. The maximum absolute atomic E-state index is 9.09. The fourth-order valence-corrected chi connectivity index (χ4v) is 2.34. The number of rotatable bonds is 6. The highest BCUT2D eigenvalue weighted by atomic mass is 14.2. The van der Waals surface area contributed by atoms with E-state index in [0.29, 0.717) is 0 Å². The van der Waals surface area contributed by atoms with Gasteiger partial charge in [0.05, 0.1) is 11.6 Å². The lowest BCUT2D eigenvalue weighted by molar-refractivity contribution is 0.709. The second kappa shape index (κ2) is 7.12. The summed E-state index contributed by atoms with van der Waals surface area (Å²) >= 11 is 0. The molecule has 0 aliphatic heterocycles. The van der Waals surface area contributed by atoms with Crippen molar-refractivity contribution in [1.82, 2.24) is 0 Å². The van der Waals surface area contributed by atoms with Crippen LogP contribution in [0.3, 0.4) is 0 Å². The van der Waals surface area contributed by atoms with Gasteiger partial charge in [0.2, 0.25) is 0 Å². The molecule has 0 aliphatic carbocycles. The van der Waals surface area contributed by atoms with E-state index in [-0.39, 0.29) is 0 Å². The Morgan fingerprint density at radius 2 is 1.82 bits per heavy atom. The first-order chi connectivity index (χ1) is 8.24. The monoisotopic (exact) mass is 229 g/mol. The zero-order chi connectivity index (χ0) is 12.7. The molecule has 0 fully saturated rings. The molecule has 0 aliphatic rings. The minimum absolute atomic E-state index is 0.844. The second-order valence-corrected chi connectivity index (χ2v) is 4.69. The number of benzene rings is 1. The van der Waals surface area contributed by atoms with E-state index in [1.807, 2.05) is 6.07 Å². The first-order valence-corrected chi connectivity index (χ1v) is 6.76. The van der Waals surface area contributed by atoms with Crippen molar-refractivity contribution in [2.75, 3.05) is 0 Å². The van der Waals surface area contributed by atoms with Gasteiger partial charge in [-0.3, -0.25) is 0 Å². The van der Waals surface area contributed by atoms with Crippen LogP contribution in [-0.4, -0.2) is 0 Å². The van der Waals surface area contributed by atoms with Crippen molar-refractivity contribution >= 4 is 0 Å². The van der Waals surface area contributed by atoms with E-state index in [2.05, 4.69) is 32.9 Å². The predicted molar refractivity (Wildman–Crippen MR) is 73.1 cm³/mol. The zero-order valence-electron chi connectivity index (χ0n) is 11.3. The van der Waals surface area contributed by atoms with E-state index < -0.39 is 0 Å². The molecule has 0 unspecified atom stereocenters. The van der Waals surface area contributed by atoms with Crippen LogP contribution in [0.2, 0.25) is 0 Å². The lowest BCUT2D eigenvalue weighted by Gasteiger charge is -2.13. The molecule has 0 spiro atoms. The van der Waals surface area contributed by atoms with Crippen molar-refractivity contribution in [2.24, 2.45) is 0 Å². The summed E-state index contributed by atoms with van der Waals surface area (Å²) in [6.07, 6.45) is 7.20. The van der Waals surface area contributed by atoms with Crippen molar-refractivity contribution in [1.29, 1.82) is 5.26 Å². The summed E-state index contributed by atoms with van der Waals surface area (Å²) in [4.78, 5) is 0. The van der Waals surface area contributed by atoms with Crippen LogP contribution in [0.15, 0.2) is 12.1 Å². The fraction of sp³-hybridized carbons (Fsp3) is 0.562. The molecule has 0 saturated carbocycles. The largest absolute Gasteiger partial charge is 0.192 e. The molecule has 92 valence electrons. The van der Waals surface area contributed by atoms with Crippen molar-refractivity contribution < 1.29 is 0 Å². The highest BCUT2D eigenvalue weighted by Crippen LogP contribution is 2.22. The molecule has 0 atom stereocenters. The molecule has 1 rings (SSSR count). The van der Waals surface area contributed by atoms with Gasteiger partial charge in [-0.05, 0) is 48.9 Å². The first-order valence-electron chi connectivity index (χ1n) is 6.76. The topological polar surface area (TPSA) is 23.8 Å². The molecule has 0 saturated heterocycles. The van der Waals surface area contributed by atoms with Crippen molar-refractivity contribution in [3.05, 3.63) is 34.4 Å². The van der Waals surface area contributed by atoms with E-state index in [1.54, 1.807) is 0 Å². The molecule has 0 heterocycles. The number of hydrogen-bond acceptors (Lipinski definition) is 1. The number of unbranched alkanes of at least 4 members (excludes halogenated alkanes) is 2. The summed E-state index contributed by atoms with van der Waals surface area (Å²) in [5.41, 5.74) is 4.92. The Morgan fingerprint density at radius 1 is 1.06 bits per heavy atom. The van der Waals surface area contributed by atoms with Crippen LogP contribution >= 0.6 is 0 Å². The highest BCUT2D eigenvalue weighted by molar-refractivity contribution is 5.46. The van der Waals surface area contributed by atoms with Crippen LogP contribution in [0.5, 0.6) is 0 Å². The number of nitrogens with zero attached hydrogens (tertiary/aromatic N) is 1. The third kappa shape index (κ3) is 3.60. The second-order valence-electron chi connectivity index (χ2n) is 4.69. The van der Waals surface area contributed by atoms with Crippen molar-refractivity contribution in [3.8, 4) is 6.07 Å². The van der Waals surface area contributed by atoms with Crippen LogP contribution in [0.1, 0.15) is 61.8 Å². The first kappa shape index (κ1) is 13.8. The molecule has 0 N–H and O–H groups in total. The summed E-state index contributed by atoms with van der Waals surface area (Å²) in [5, 5.41) is 9.09. The van der Waals surface area contributed by atoms with Gasteiger partial charge in [0.15, 0.2) is 0 Å². The van der Waals surface area contributed by atoms with Gasteiger partial charge in [-0.1, -0.05) is 39.2 Å². The van der Waals surface area contributed by atoms with Gasteiger partial charge >= 0.3 is 0 Å². The van der Waals surface area contributed by atoms with Gasteiger partial charge in [0.25, 0.3) is 0 Å². The van der Waals surface area contributed by atoms with Crippen molar-refractivity contribution in [2.45, 2.75) is 59.3 Å². The fourth-order valence-electron chi connectivity index (χ4n) is 2.34. The summed E-state index contributed by atoms with van der Waals surface area (Å²) < 4.78 is 0. The van der Waals surface area contributed by atoms with Gasteiger partial charge in [-0.2, -0.15) is 5.26 Å². The van der Waals surface area contributed by atoms with Crippen LogP contribution in [0, 0.1) is 18.3 Å². The lowest BCUT2D eigenvalue weighted by atomic mass is 9.91. The number of aryl methyl sites for hydroxylation is 1. The third-order valence-corrected chi connectivity index (χ3v) is 3.37. The van der Waals surface area contributed by atoms with Crippen molar-refractivity contribution in [3.63, 3.8) is 0 Å². The molecule has 1 heteroatoms. The molecule has 0 bridgehead atoms. The smallest absolute Gasteiger partial charge is 0.0994 e. The van der Waals surface area contributed by atoms with Gasteiger partial charge < -0.3 is 0 Å². The maximum Gasteiger partial charge on any atom is 0.0994 e. The minimum atomic E-state index is 0.844. The SMILES string of the molecule is CCCCCc1c(CCC)ccc(C#N)c1C.